The van der Waals surface area contributed by atoms with Crippen LogP contribution in [0.2, 0.25) is 0 Å². The predicted octanol–water partition coefficient (Wildman–Crippen LogP) is 6.94. The average molecular weight is 556 g/mol. The number of rotatable bonds is 6. The summed E-state index contributed by atoms with van der Waals surface area (Å²) in [5.74, 6) is 1.77. The van der Waals surface area contributed by atoms with Crippen molar-refractivity contribution in [3.63, 3.8) is 0 Å². The zero-order valence-corrected chi connectivity index (χ0v) is 23.3. The lowest BCUT2D eigenvalue weighted by molar-refractivity contribution is -0.161. The van der Waals surface area contributed by atoms with E-state index in [-0.39, 0.29) is 18.0 Å². The van der Waals surface area contributed by atoms with Gasteiger partial charge in [0, 0.05) is 17.2 Å². The van der Waals surface area contributed by atoms with Crippen LogP contribution in [0.5, 0.6) is 5.88 Å². The third-order valence-corrected chi connectivity index (χ3v) is 7.82. The molecule has 1 N–H and O–H groups in total. The molecule has 0 spiro atoms. The Hall–Kier alpha value is -2.61. The first kappa shape index (κ1) is 25.1. The second-order valence-electron chi connectivity index (χ2n) is 11.2. The van der Waals surface area contributed by atoms with Gasteiger partial charge in [0.05, 0.1) is 11.4 Å². The summed E-state index contributed by atoms with van der Waals surface area (Å²) in [4.78, 5) is 17.4. The molecule has 5 rings (SSSR count). The van der Waals surface area contributed by atoms with Crippen molar-refractivity contribution in [2.24, 2.45) is 13.0 Å². The van der Waals surface area contributed by atoms with Crippen LogP contribution in [0.1, 0.15) is 76.3 Å². The number of benzene rings is 1. The lowest BCUT2D eigenvalue weighted by atomic mass is 9.87. The molecular weight excluding hydrogens is 520 g/mol. The first-order valence-electron chi connectivity index (χ1n) is 12.9. The third-order valence-electron chi connectivity index (χ3n) is 6.97. The van der Waals surface area contributed by atoms with Gasteiger partial charge in [0.1, 0.15) is 17.5 Å². The molecule has 0 amide bonds. The van der Waals surface area contributed by atoms with Crippen LogP contribution in [0.15, 0.2) is 28.7 Å². The Balaban J connectivity index is 1.31. The Morgan fingerprint density at radius 3 is 2.50 bits per heavy atom. The number of esters is 1. The van der Waals surface area contributed by atoms with Gasteiger partial charge < -0.3 is 14.8 Å². The molecule has 2 saturated carbocycles. The number of carbonyl (C=O) groups excluding carboxylic acids is 1. The molecule has 2 aliphatic rings. The van der Waals surface area contributed by atoms with Crippen LogP contribution in [0.4, 0.5) is 11.5 Å². The Kier molecular flexibility index (Phi) is 6.74. The molecule has 36 heavy (non-hydrogen) atoms. The quantitative estimate of drug-likeness (QED) is 0.332. The minimum atomic E-state index is -0.455. The van der Waals surface area contributed by atoms with Crippen molar-refractivity contribution < 1.29 is 14.3 Å². The molecule has 192 valence electrons. The van der Waals surface area contributed by atoms with Gasteiger partial charge in [-0.1, -0.05) is 15.9 Å². The van der Waals surface area contributed by atoms with Crippen LogP contribution in [-0.4, -0.2) is 32.4 Å². The summed E-state index contributed by atoms with van der Waals surface area (Å²) >= 11 is 3.68. The fourth-order valence-electron chi connectivity index (χ4n) is 4.89. The van der Waals surface area contributed by atoms with Gasteiger partial charge in [-0.15, -0.1) is 5.10 Å². The molecule has 0 atom stereocenters. The molecule has 2 heterocycles. The van der Waals surface area contributed by atoms with E-state index in [1.54, 1.807) is 0 Å². The Morgan fingerprint density at radius 1 is 1.11 bits per heavy atom. The zero-order valence-electron chi connectivity index (χ0n) is 21.7. The molecule has 0 unspecified atom stereocenters. The van der Waals surface area contributed by atoms with Gasteiger partial charge in [-0.05, 0) is 108 Å². The van der Waals surface area contributed by atoms with E-state index in [9.17, 15) is 4.79 Å². The average Bonchev–Trinajstić information content (AvgIpc) is 3.61. The van der Waals surface area contributed by atoms with Gasteiger partial charge in [0.2, 0.25) is 0 Å². The van der Waals surface area contributed by atoms with Crippen LogP contribution < -0.4 is 10.1 Å². The topological polar surface area (TPSA) is 78.3 Å². The number of ether oxygens (including phenoxy) is 2. The molecule has 3 aromatic rings. The van der Waals surface area contributed by atoms with Crippen molar-refractivity contribution in [3.8, 4) is 5.88 Å². The standard InChI is InChI=1S/C28H35BrN4O3/c1-16-14-22(20(15-21(16)29)17-6-7-17)30-24-13-12-23-25(31-24)26(32-33(23)5)35-19-10-8-18(9-11-19)27(34)36-28(2,3)4/h12-15,17-19H,6-11H2,1-5H3,(H,30,31). The lowest BCUT2D eigenvalue weighted by Crippen LogP contribution is -2.33. The van der Waals surface area contributed by atoms with Crippen LogP contribution in [0.25, 0.3) is 11.0 Å². The highest BCUT2D eigenvalue weighted by molar-refractivity contribution is 9.10. The number of nitrogens with zero attached hydrogens (tertiary/aromatic N) is 3. The number of fused-ring (bicyclic) bond motifs is 1. The molecular formula is C28H35BrN4O3. The normalized spacial score (nSPS) is 20.4. The van der Waals surface area contributed by atoms with Crippen molar-refractivity contribution in [1.29, 1.82) is 0 Å². The maximum atomic E-state index is 12.5. The SMILES string of the molecule is Cc1cc(Nc2ccc3c(n2)c(OC2CCC(C(=O)OC(C)(C)C)CC2)nn3C)c(C2CC2)cc1Br. The van der Waals surface area contributed by atoms with Gasteiger partial charge in [0.25, 0.3) is 5.88 Å². The molecule has 8 heteroatoms. The van der Waals surface area contributed by atoms with Crippen LogP contribution >= 0.6 is 15.9 Å². The molecule has 2 fully saturated rings. The maximum absolute atomic E-state index is 12.5. The highest BCUT2D eigenvalue weighted by Crippen LogP contribution is 2.45. The van der Waals surface area contributed by atoms with E-state index >= 15 is 0 Å². The fourth-order valence-corrected chi connectivity index (χ4v) is 5.25. The number of hydrogen-bond donors (Lipinski definition) is 1. The van der Waals surface area contributed by atoms with Crippen molar-refractivity contribution >= 4 is 44.4 Å². The van der Waals surface area contributed by atoms with Crippen LogP contribution in [0, 0.1) is 12.8 Å². The first-order valence-corrected chi connectivity index (χ1v) is 13.7. The summed E-state index contributed by atoms with van der Waals surface area (Å²) in [5.41, 5.74) is 4.85. The van der Waals surface area contributed by atoms with Crippen molar-refractivity contribution in [2.45, 2.75) is 83.8 Å². The number of nitrogens with one attached hydrogen (secondary N) is 1. The molecule has 1 aromatic carbocycles. The minimum absolute atomic E-state index is 0.00999. The maximum Gasteiger partial charge on any atom is 0.309 e. The zero-order chi connectivity index (χ0) is 25.6. The monoisotopic (exact) mass is 554 g/mol. The molecule has 0 radical (unpaired) electrons. The van der Waals surface area contributed by atoms with E-state index in [1.807, 2.05) is 44.6 Å². The van der Waals surface area contributed by atoms with Gasteiger partial charge in [-0.3, -0.25) is 9.48 Å². The molecule has 0 aliphatic heterocycles. The molecule has 0 bridgehead atoms. The van der Waals surface area contributed by atoms with E-state index in [1.165, 1.54) is 24.0 Å². The highest BCUT2D eigenvalue weighted by atomic mass is 79.9. The Bertz CT molecular complexity index is 1280. The molecule has 0 saturated heterocycles. The predicted molar refractivity (Wildman–Crippen MR) is 145 cm³/mol. The van der Waals surface area contributed by atoms with E-state index < -0.39 is 5.60 Å². The molecule has 2 aromatic heterocycles. The van der Waals surface area contributed by atoms with Gasteiger partial charge >= 0.3 is 5.97 Å². The van der Waals surface area contributed by atoms with E-state index in [2.05, 4.69) is 45.4 Å². The number of hydrogen-bond acceptors (Lipinski definition) is 6. The summed E-state index contributed by atoms with van der Waals surface area (Å²) in [6.45, 7) is 7.83. The Morgan fingerprint density at radius 2 is 1.83 bits per heavy atom. The number of anilines is 2. The highest BCUT2D eigenvalue weighted by Gasteiger charge is 2.31. The van der Waals surface area contributed by atoms with Crippen LogP contribution in [0.3, 0.4) is 0 Å². The first-order chi connectivity index (χ1) is 17.1. The van der Waals surface area contributed by atoms with Gasteiger partial charge in [-0.25, -0.2) is 4.98 Å². The summed E-state index contributed by atoms with van der Waals surface area (Å²) < 4.78 is 14.9. The molecule has 7 nitrogen and oxygen atoms in total. The van der Waals surface area contributed by atoms with Gasteiger partial charge in [0.15, 0.2) is 5.52 Å². The summed E-state index contributed by atoms with van der Waals surface area (Å²) in [5, 5.41) is 8.18. The van der Waals surface area contributed by atoms with Crippen molar-refractivity contribution in [3.05, 3.63) is 39.9 Å². The summed E-state index contributed by atoms with van der Waals surface area (Å²) in [7, 11) is 1.91. The largest absolute Gasteiger partial charge is 0.472 e. The van der Waals surface area contributed by atoms with E-state index in [0.717, 1.165) is 52.7 Å². The lowest BCUT2D eigenvalue weighted by Gasteiger charge is -2.29. The van der Waals surface area contributed by atoms with Crippen LogP contribution in [-0.2, 0) is 16.6 Å². The summed E-state index contributed by atoms with van der Waals surface area (Å²) in [6.07, 6.45) is 5.58. The molecule has 2 aliphatic carbocycles. The number of halogens is 1. The number of aromatic nitrogens is 3. The number of carbonyl (C=O) groups is 1. The van der Waals surface area contributed by atoms with Crippen molar-refractivity contribution in [2.75, 3.05) is 5.32 Å². The number of pyridine rings is 1. The third kappa shape index (κ3) is 5.53. The minimum Gasteiger partial charge on any atom is -0.472 e. The second-order valence-corrected chi connectivity index (χ2v) is 12.1. The summed E-state index contributed by atoms with van der Waals surface area (Å²) in [6, 6.07) is 8.45. The van der Waals surface area contributed by atoms with Gasteiger partial charge in [-0.2, -0.15) is 0 Å². The smallest absolute Gasteiger partial charge is 0.309 e. The van der Waals surface area contributed by atoms with E-state index in [0.29, 0.717) is 11.8 Å². The second kappa shape index (κ2) is 9.69. The van der Waals surface area contributed by atoms with E-state index in [4.69, 9.17) is 14.5 Å². The van der Waals surface area contributed by atoms with Crippen molar-refractivity contribution in [1.82, 2.24) is 14.8 Å². The Labute approximate surface area is 221 Å². The fraction of sp³-hybridized carbons (Fsp3) is 0.536. The number of aryl methyl sites for hydroxylation is 2.